The first-order valence-electron chi connectivity index (χ1n) is 0.655. The summed E-state index contributed by atoms with van der Waals surface area (Å²) >= 11 is 9.31. The van der Waals surface area contributed by atoms with Crippen molar-refractivity contribution in [3.05, 3.63) is 0 Å². The first-order valence-corrected chi connectivity index (χ1v) is 3.40. The number of hydrogen-bond acceptors (Lipinski definition) is 0. The van der Waals surface area contributed by atoms with E-state index in [1.807, 2.05) is 0 Å². The summed E-state index contributed by atoms with van der Waals surface area (Å²) in [5.41, 5.74) is 0. The van der Waals surface area contributed by atoms with Gasteiger partial charge in [-0.2, -0.15) is 0 Å². The van der Waals surface area contributed by atoms with E-state index in [0.717, 1.165) is 0 Å². The van der Waals surface area contributed by atoms with E-state index >= 15 is 0 Å². The average Bonchev–Trinajstić information content (AvgIpc) is 0.811. The van der Waals surface area contributed by atoms with Crippen LogP contribution in [0.15, 0.2) is 0 Å². The molecule has 0 amide bonds. The summed E-state index contributed by atoms with van der Waals surface area (Å²) < 4.78 is 0.271. The maximum Gasteiger partial charge on any atom is 0.124 e. The Morgan fingerprint density at radius 1 is 1.00 bits per heavy atom. The van der Waals surface area contributed by atoms with Crippen molar-refractivity contribution >= 4 is 47.8 Å². The normalized spacial score (nSPS) is 7.20. The molecule has 0 rings (SSSR count). The van der Waals surface area contributed by atoms with Gasteiger partial charge in [0.1, 0.15) is 2.65 Å². The molecule has 0 aliphatic rings. The summed E-state index contributed by atoms with van der Waals surface area (Å²) in [5, 5.41) is 0. The van der Waals surface area contributed by atoms with Gasteiger partial charge in [0, 0.05) is 0 Å². The third-order valence-electron chi connectivity index (χ3n) is 0. The Bertz CT molecular complexity index is 9.61. The molecule has 0 fully saturated rings. The average molecular weight is 269 g/mol. The van der Waals surface area contributed by atoms with Gasteiger partial charge in [-0.05, 0) is 0 Å². The maximum atomic E-state index is 3.10. The van der Waals surface area contributed by atoms with Crippen LogP contribution in [0.2, 0.25) is 0 Å². The lowest BCUT2D eigenvalue weighted by Gasteiger charge is -1.70. The van der Waals surface area contributed by atoms with Crippen LogP contribution < -0.4 is 0 Å². The van der Waals surface area contributed by atoms with Crippen molar-refractivity contribution in [1.29, 1.82) is 0 Å². The quantitative estimate of drug-likeness (QED) is 0.593. The van der Waals surface area contributed by atoms with Crippen LogP contribution in [0, 0.1) is 0 Å². The Balaban J connectivity index is 0. The summed E-state index contributed by atoms with van der Waals surface area (Å²) in [6.45, 7) is 0. The molecule has 0 aromatic rings. The second-order valence-electron chi connectivity index (χ2n) is 0.247. The predicted octanol–water partition coefficient (Wildman–Crippen LogP) is 3.09. The van der Waals surface area contributed by atoms with E-state index in [1.54, 1.807) is 0 Å². The van der Waals surface area contributed by atoms with Gasteiger partial charge in [-0.1, -0.05) is 55.2 Å². The SMILES string of the molecule is BrC(Br)Br.C. The van der Waals surface area contributed by atoms with E-state index < -0.39 is 0 Å². The molecule has 0 nitrogen and oxygen atoms in total. The van der Waals surface area contributed by atoms with Crippen LogP contribution in [-0.2, 0) is 0 Å². The zero-order chi connectivity index (χ0) is 3.58. The topological polar surface area (TPSA) is 0 Å². The zero-order valence-electron chi connectivity index (χ0n) is 1.71. The zero-order valence-corrected chi connectivity index (χ0v) is 6.47. The van der Waals surface area contributed by atoms with E-state index in [-0.39, 0.29) is 10.1 Å². The molecule has 0 atom stereocenters. The van der Waals surface area contributed by atoms with E-state index in [1.165, 1.54) is 0 Å². The second-order valence-corrected chi connectivity index (χ2v) is 6.68. The van der Waals surface area contributed by atoms with E-state index in [0.29, 0.717) is 0 Å². The molecule has 0 aliphatic carbocycles. The molecular weight excluding hydrogens is 264 g/mol. The fourth-order valence-electron chi connectivity index (χ4n) is 0. The summed E-state index contributed by atoms with van der Waals surface area (Å²) in [4.78, 5) is 0. The van der Waals surface area contributed by atoms with Crippen LogP contribution in [-0.4, -0.2) is 2.65 Å². The van der Waals surface area contributed by atoms with Crippen molar-refractivity contribution < 1.29 is 0 Å². The Morgan fingerprint density at radius 3 is 1.00 bits per heavy atom. The molecule has 0 spiro atoms. The van der Waals surface area contributed by atoms with Gasteiger partial charge in [0.05, 0.1) is 0 Å². The van der Waals surface area contributed by atoms with Gasteiger partial charge in [-0.25, -0.2) is 0 Å². The lowest BCUT2D eigenvalue weighted by molar-refractivity contribution is 2.28. The van der Waals surface area contributed by atoms with Gasteiger partial charge in [0.2, 0.25) is 0 Å². The van der Waals surface area contributed by atoms with E-state index in [4.69, 9.17) is 0 Å². The van der Waals surface area contributed by atoms with Crippen molar-refractivity contribution in [1.82, 2.24) is 0 Å². The first kappa shape index (κ1) is 9.67. The standard InChI is InChI=1S/CHBr3.CH4/c2-1(3)4;/h1H;1H4. The van der Waals surface area contributed by atoms with Gasteiger partial charge < -0.3 is 0 Å². The smallest absolute Gasteiger partial charge is 0.0776 e. The fraction of sp³-hybridized carbons (Fsp3) is 1.00. The van der Waals surface area contributed by atoms with Crippen molar-refractivity contribution in [2.45, 2.75) is 10.1 Å². The second kappa shape index (κ2) is 5.44. The summed E-state index contributed by atoms with van der Waals surface area (Å²) in [7, 11) is 0. The number of alkyl halides is 3. The molecule has 0 heterocycles. The van der Waals surface area contributed by atoms with Crippen molar-refractivity contribution in [2.24, 2.45) is 0 Å². The van der Waals surface area contributed by atoms with Crippen molar-refractivity contribution in [3.63, 3.8) is 0 Å². The number of rotatable bonds is 0. The van der Waals surface area contributed by atoms with Crippen molar-refractivity contribution in [3.8, 4) is 0 Å². The molecule has 0 radical (unpaired) electrons. The molecule has 0 bridgehead atoms. The molecule has 0 saturated heterocycles. The molecular formula is C2H5Br3. The Labute approximate surface area is 57.7 Å². The molecule has 0 unspecified atom stereocenters. The molecule has 5 heavy (non-hydrogen) atoms. The van der Waals surface area contributed by atoms with Gasteiger partial charge in [-0.15, -0.1) is 0 Å². The minimum Gasteiger partial charge on any atom is -0.0776 e. The van der Waals surface area contributed by atoms with Crippen LogP contribution >= 0.6 is 47.8 Å². The summed E-state index contributed by atoms with van der Waals surface area (Å²) in [5.74, 6) is 0. The van der Waals surface area contributed by atoms with Gasteiger partial charge in [0.15, 0.2) is 0 Å². The maximum absolute atomic E-state index is 3.10. The first-order chi connectivity index (χ1) is 1.73. The number of hydrogen-bond donors (Lipinski definition) is 0. The highest BCUT2D eigenvalue weighted by molar-refractivity contribution is 9.38. The molecule has 0 N–H and O–H groups in total. The van der Waals surface area contributed by atoms with Gasteiger partial charge in [0.25, 0.3) is 0 Å². The third kappa shape index (κ3) is 31.0. The minimum absolute atomic E-state index is 0. The Hall–Kier alpha value is 1.44. The fourth-order valence-corrected chi connectivity index (χ4v) is 0. The molecule has 34 valence electrons. The van der Waals surface area contributed by atoms with Crippen LogP contribution in [0.5, 0.6) is 0 Å². The van der Waals surface area contributed by atoms with Crippen molar-refractivity contribution in [2.75, 3.05) is 0 Å². The highest BCUT2D eigenvalue weighted by atomic mass is 80.0. The predicted molar refractivity (Wildman–Crippen MR) is 37.3 cm³/mol. The molecule has 0 aliphatic heterocycles. The number of halogens is 3. The minimum atomic E-state index is 0. The Morgan fingerprint density at radius 2 is 1.00 bits per heavy atom. The molecule has 3 heteroatoms. The lowest BCUT2D eigenvalue weighted by atomic mass is 12.0. The van der Waals surface area contributed by atoms with E-state index in [2.05, 4.69) is 47.8 Å². The monoisotopic (exact) mass is 266 g/mol. The van der Waals surface area contributed by atoms with Crippen LogP contribution in [0.25, 0.3) is 0 Å². The third-order valence-corrected chi connectivity index (χ3v) is 0. The van der Waals surface area contributed by atoms with Gasteiger partial charge >= 0.3 is 0 Å². The van der Waals surface area contributed by atoms with E-state index in [9.17, 15) is 0 Å². The summed E-state index contributed by atoms with van der Waals surface area (Å²) in [6.07, 6.45) is 0. The van der Waals surface area contributed by atoms with Crippen LogP contribution in [0.3, 0.4) is 0 Å². The Kier molecular flexibility index (Phi) is 10.5. The largest absolute Gasteiger partial charge is 0.124 e. The van der Waals surface area contributed by atoms with Gasteiger partial charge in [-0.3, -0.25) is 0 Å². The van der Waals surface area contributed by atoms with Crippen LogP contribution in [0.4, 0.5) is 0 Å². The lowest BCUT2D eigenvalue weighted by Crippen LogP contribution is -1.49. The molecule has 0 saturated carbocycles. The molecule has 0 aromatic heterocycles. The van der Waals surface area contributed by atoms with Crippen LogP contribution in [0.1, 0.15) is 7.43 Å². The highest BCUT2D eigenvalue weighted by Gasteiger charge is 1.77. The summed E-state index contributed by atoms with van der Waals surface area (Å²) in [6, 6.07) is 0. The highest BCUT2D eigenvalue weighted by Crippen LogP contribution is 2.13. The molecule has 0 aromatic carbocycles.